The second-order valence-electron chi connectivity index (χ2n) is 17.0. The van der Waals surface area contributed by atoms with Gasteiger partial charge in [-0.05, 0) is 144 Å². The predicted molar refractivity (Wildman–Crippen MR) is 279 cm³/mol. The molecule has 0 radical (unpaired) electrons. The Morgan fingerprint density at radius 1 is 0.212 bits per heavy atom. The lowest BCUT2D eigenvalue weighted by Crippen LogP contribution is -2.10. The second kappa shape index (κ2) is 16.8. The minimum atomic E-state index is 0.902. The van der Waals surface area contributed by atoms with Crippen LogP contribution in [0.5, 0.6) is 0 Å². The Bertz CT molecular complexity index is 3660. The maximum atomic E-state index is 6.14. The first-order valence-corrected chi connectivity index (χ1v) is 22.5. The van der Waals surface area contributed by atoms with Crippen molar-refractivity contribution in [3.05, 3.63) is 261 Å². The Kier molecular flexibility index (Phi) is 9.89. The summed E-state index contributed by atoms with van der Waals surface area (Å²) in [6, 6.07) is 93.9. The van der Waals surface area contributed by atoms with E-state index in [1.54, 1.807) is 0 Å². The smallest absolute Gasteiger partial charge is 0.135 e. The van der Waals surface area contributed by atoms with Crippen LogP contribution >= 0.6 is 0 Å². The molecule has 12 rings (SSSR count). The highest BCUT2D eigenvalue weighted by Crippen LogP contribution is 2.40. The van der Waals surface area contributed by atoms with Crippen LogP contribution in [0.15, 0.2) is 265 Å². The molecule has 0 atom stereocenters. The molecule has 1 heterocycles. The zero-order valence-corrected chi connectivity index (χ0v) is 36.2. The molecule has 0 N–H and O–H groups in total. The number of hydrogen-bond donors (Lipinski definition) is 0. The minimum absolute atomic E-state index is 0.902. The van der Waals surface area contributed by atoms with E-state index in [1.807, 2.05) is 12.1 Å². The van der Waals surface area contributed by atoms with Crippen molar-refractivity contribution >= 4 is 49.8 Å². The molecule has 0 spiro atoms. The summed E-state index contributed by atoms with van der Waals surface area (Å²) < 4.78 is 6.14. The number of hydrogen-bond acceptors (Lipinski definition) is 2. The highest BCUT2D eigenvalue weighted by atomic mass is 16.3. The monoisotopic (exact) mass is 841 g/mol. The quantitative estimate of drug-likeness (QED) is 0.144. The van der Waals surface area contributed by atoms with Crippen LogP contribution in [-0.4, -0.2) is 0 Å². The minimum Gasteiger partial charge on any atom is -0.456 e. The third kappa shape index (κ3) is 7.51. The van der Waals surface area contributed by atoms with Crippen LogP contribution in [-0.2, 0) is 0 Å². The summed E-state index contributed by atoms with van der Waals surface area (Å²) in [5.41, 5.74) is 19.3. The molecule has 12 aromatic rings. The fourth-order valence-corrected chi connectivity index (χ4v) is 9.37. The van der Waals surface area contributed by atoms with E-state index >= 15 is 0 Å². The van der Waals surface area contributed by atoms with E-state index in [4.69, 9.17) is 4.42 Å². The lowest BCUT2D eigenvalue weighted by Gasteiger charge is -2.26. The van der Waals surface area contributed by atoms with Crippen molar-refractivity contribution in [3.63, 3.8) is 0 Å². The molecule has 1 aromatic heterocycles. The van der Waals surface area contributed by atoms with Gasteiger partial charge in [0.05, 0.1) is 0 Å². The fourth-order valence-electron chi connectivity index (χ4n) is 9.37. The summed E-state index contributed by atoms with van der Waals surface area (Å²) in [5.74, 6) is 0. The molecule has 0 aliphatic carbocycles. The Hall–Kier alpha value is -8.72. The maximum absolute atomic E-state index is 6.14. The molecule has 310 valence electrons. The van der Waals surface area contributed by atoms with Crippen LogP contribution in [0.2, 0.25) is 0 Å². The van der Waals surface area contributed by atoms with Crippen LogP contribution < -0.4 is 4.90 Å². The number of anilines is 3. The maximum Gasteiger partial charge on any atom is 0.135 e. The Morgan fingerprint density at radius 3 is 1.27 bits per heavy atom. The molecule has 0 saturated heterocycles. The summed E-state index contributed by atoms with van der Waals surface area (Å²) in [4.78, 5) is 2.35. The van der Waals surface area contributed by atoms with Gasteiger partial charge in [0.15, 0.2) is 0 Å². The molecule has 0 amide bonds. The molecule has 66 heavy (non-hydrogen) atoms. The molecule has 0 unspecified atom stereocenters. The first kappa shape index (κ1) is 38.9. The third-order valence-corrected chi connectivity index (χ3v) is 12.9. The van der Waals surface area contributed by atoms with Crippen LogP contribution in [0, 0.1) is 0 Å². The van der Waals surface area contributed by atoms with Crippen LogP contribution in [0.4, 0.5) is 17.1 Å². The van der Waals surface area contributed by atoms with Crippen LogP contribution in [0.3, 0.4) is 0 Å². The molecular formula is C64H43NO. The topological polar surface area (TPSA) is 16.4 Å². The fraction of sp³-hybridized carbons (Fsp3) is 0. The number of fused-ring (bicyclic) bond motifs is 4. The van der Waals surface area contributed by atoms with E-state index in [0.29, 0.717) is 0 Å². The van der Waals surface area contributed by atoms with Gasteiger partial charge in [-0.2, -0.15) is 0 Å². The van der Waals surface area contributed by atoms with E-state index in [1.165, 1.54) is 60.8 Å². The molecule has 2 nitrogen and oxygen atoms in total. The molecule has 0 saturated carbocycles. The van der Waals surface area contributed by atoms with Crippen molar-refractivity contribution in [3.8, 4) is 66.8 Å². The molecule has 0 bridgehead atoms. The van der Waals surface area contributed by atoms with Gasteiger partial charge < -0.3 is 9.32 Å². The summed E-state index contributed by atoms with van der Waals surface area (Å²) >= 11 is 0. The highest BCUT2D eigenvalue weighted by molar-refractivity contribution is 6.06. The average molecular weight is 842 g/mol. The van der Waals surface area contributed by atoms with E-state index in [2.05, 4.69) is 254 Å². The third-order valence-electron chi connectivity index (χ3n) is 12.9. The highest BCUT2D eigenvalue weighted by Gasteiger charge is 2.16. The number of nitrogens with zero attached hydrogens (tertiary/aromatic N) is 1. The van der Waals surface area contributed by atoms with Gasteiger partial charge in [-0.1, -0.05) is 194 Å². The van der Waals surface area contributed by atoms with Crippen molar-refractivity contribution < 1.29 is 4.42 Å². The summed E-state index contributed by atoms with van der Waals surface area (Å²) in [6.07, 6.45) is 0. The average Bonchev–Trinajstić information content (AvgIpc) is 3.78. The largest absolute Gasteiger partial charge is 0.456 e. The van der Waals surface area contributed by atoms with E-state index < -0.39 is 0 Å². The van der Waals surface area contributed by atoms with Gasteiger partial charge >= 0.3 is 0 Å². The van der Waals surface area contributed by atoms with E-state index in [-0.39, 0.29) is 0 Å². The van der Waals surface area contributed by atoms with Gasteiger partial charge in [0.1, 0.15) is 11.2 Å². The summed E-state index contributed by atoms with van der Waals surface area (Å²) in [6.45, 7) is 0. The van der Waals surface area contributed by atoms with Crippen molar-refractivity contribution in [1.82, 2.24) is 0 Å². The lowest BCUT2D eigenvalue weighted by molar-refractivity contribution is 0.669. The summed E-state index contributed by atoms with van der Waals surface area (Å²) in [5, 5.41) is 4.77. The SMILES string of the molecule is c1ccc(-c2ccc(-c3cccc(N(c4ccc(-c5ccc(-c6cccc(-c7ccc8ccccc8c7)c6)cc5)cc4)c4ccc(-c5ccc6oc7ccccc7c6c5)cc4)c3)cc2)cc1. The molecule has 2 heteroatoms. The van der Waals surface area contributed by atoms with Gasteiger partial charge in [-0.15, -0.1) is 0 Å². The van der Waals surface area contributed by atoms with Gasteiger partial charge in [0.25, 0.3) is 0 Å². The Balaban J connectivity index is 0.860. The number of furan rings is 1. The van der Waals surface area contributed by atoms with Gasteiger partial charge in [-0.3, -0.25) is 0 Å². The van der Waals surface area contributed by atoms with Gasteiger partial charge in [0.2, 0.25) is 0 Å². The molecule has 0 aliphatic heterocycles. The molecule has 11 aromatic carbocycles. The number of rotatable bonds is 9. The van der Waals surface area contributed by atoms with Gasteiger partial charge in [0, 0.05) is 27.8 Å². The van der Waals surface area contributed by atoms with Crippen LogP contribution in [0.25, 0.3) is 99.5 Å². The molecular weight excluding hydrogens is 799 g/mol. The predicted octanol–water partition coefficient (Wildman–Crippen LogP) is 18.2. The number of para-hydroxylation sites is 1. The van der Waals surface area contributed by atoms with Crippen LogP contribution in [0.1, 0.15) is 0 Å². The van der Waals surface area contributed by atoms with Crippen molar-refractivity contribution in [2.24, 2.45) is 0 Å². The first-order valence-electron chi connectivity index (χ1n) is 22.5. The second-order valence-corrected chi connectivity index (χ2v) is 17.0. The standard InChI is InChI=1S/C64H43NO/c1-2-10-44(11-3-1)46-20-26-50(27-21-46)55-16-9-17-60(42-55)65(59-37-32-51(33-38-59)57-34-39-64-62(43-57)61-18-6-7-19-63(61)66-64)58-35-30-48(31-36-58)47-22-24-49(25-23-47)53-14-8-15-54(40-53)56-29-28-45-12-4-5-13-52(45)41-56/h1-43H. The van der Waals surface area contributed by atoms with Crippen molar-refractivity contribution in [1.29, 1.82) is 0 Å². The van der Waals surface area contributed by atoms with Gasteiger partial charge in [-0.25, -0.2) is 0 Å². The normalized spacial score (nSPS) is 11.3. The zero-order valence-electron chi connectivity index (χ0n) is 36.2. The van der Waals surface area contributed by atoms with E-state index in [9.17, 15) is 0 Å². The number of benzene rings is 11. The van der Waals surface area contributed by atoms with Crippen molar-refractivity contribution in [2.75, 3.05) is 4.90 Å². The Morgan fingerprint density at radius 2 is 0.621 bits per heavy atom. The van der Waals surface area contributed by atoms with E-state index in [0.717, 1.165) is 55.7 Å². The molecule has 0 fully saturated rings. The van der Waals surface area contributed by atoms with Crippen molar-refractivity contribution in [2.45, 2.75) is 0 Å². The zero-order chi connectivity index (χ0) is 43.8. The summed E-state index contributed by atoms with van der Waals surface area (Å²) in [7, 11) is 0. The first-order chi connectivity index (χ1) is 32.7. The lowest BCUT2D eigenvalue weighted by atomic mass is 9.96. The molecule has 0 aliphatic rings. The Labute approximate surface area is 384 Å².